The summed E-state index contributed by atoms with van der Waals surface area (Å²) in [5, 5.41) is 10.1. The van der Waals surface area contributed by atoms with Crippen LogP contribution in [0.5, 0.6) is 11.5 Å². The lowest BCUT2D eigenvalue weighted by Gasteiger charge is -2.37. The number of benzene rings is 1. The van der Waals surface area contributed by atoms with Gasteiger partial charge in [-0.1, -0.05) is 83.8 Å². The highest BCUT2D eigenvalue weighted by atomic mass is 32.2. The molecule has 4 saturated carbocycles. The average molecular weight is 822 g/mol. The fourth-order valence-corrected chi connectivity index (χ4v) is 12.6. The van der Waals surface area contributed by atoms with Crippen LogP contribution >= 0.6 is 23.5 Å². The molecule has 5 aliphatic rings. The maximum Gasteiger partial charge on any atom is 0.338 e. The molecule has 4 aliphatic carbocycles. The molecule has 1 heterocycles. The van der Waals surface area contributed by atoms with Crippen LogP contribution in [0.2, 0.25) is 0 Å². The van der Waals surface area contributed by atoms with Crippen molar-refractivity contribution in [2.24, 2.45) is 47.3 Å². The van der Waals surface area contributed by atoms with Gasteiger partial charge >= 0.3 is 17.9 Å². The quantitative estimate of drug-likeness (QED) is 0.107. The molecule has 0 radical (unpaired) electrons. The van der Waals surface area contributed by atoms with E-state index in [1.807, 2.05) is 6.07 Å². The van der Waals surface area contributed by atoms with Crippen molar-refractivity contribution >= 4 is 41.4 Å². The van der Waals surface area contributed by atoms with E-state index in [9.17, 15) is 19.5 Å². The second-order valence-corrected chi connectivity index (χ2v) is 22.2. The Bertz CT molecular complexity index is 1690. The van der Waals surface area contributed by atoms with Gasteiger partial charge in [0.2, 0.25) is 0 Å². The van der Waals surface area contributed by atoms with Crippen molar-refractivity contribution in [1.29, 1.82) is 0 Å². The first-order valence-corrected chi connectivity index (χ1v) is 23.7. The summed E-state index contributed by atoms with van der Waals surface area (Å²) in [5.74, 6) is 3.63. The Balaban J connectivity index is 1.24. The first kappa shape index (κ1) is 44.1. The molecule has 0 saturated heterocycles. The fourth-order valence-electron chi connectivity index (χ4n) is 10.0. The minimum absolute atomic E-state index is 0.0406. The summed E-state index contributed by atoms with van der Waals surface area (Å²) in [6.45, 7) is 22.1. The van der Waals surface area contributed by atoms with Crippen LogP contribution in [0.1, 0.15) is 163 Å². The summed E-state index contributed by atoms with van der Waals surface area (Å²) in [5.41, 5.74) is -0.965. The molecule has 1 aromatic carbocycles. The van der Waals surface area contributed by atoms with Crippen molar-refractivity contribution < 1.29 is 33.7 Å². The van der Waals surface area contributed by atoms with Gasteiger partial charge in [-0.05, 0) is 138 Å². The van der Waals surface area contributed by atoms with Crippen molar-refractivity contribution in [3.8, 4) is 11.5 Å². The number of rotatable bonds is 10. The molecule has 4 fully saturated rings. The molecule has 6 rings (SSSR count). The molecule has 0 spiro atoms. The Morgan fingerprint density at radius 3 is 1.58 bits per heavy atom. The highest BCUT2D eigenvalue weighted by molar-refractivity contribution is 8.24. The lowest BCUT2D eigenvalue weighted by atomic mass is 9.69. The number of hydrogen-bond acceptors (Lipinski definition) is 9. The fraction of sp³-hybridized carbons (Fsp3) is 0.745. The van der Waals surface area contributed by atoms with Crippen molar-refractivity contribution in [3.05, 3.63) is 33.0 Å². The van der Waals surface area contributed by atoms with Gasteiger partial charge in [-0.15, -0.1) is 0 Å². The number of thioether (sulfide) groups is 2. The Morgan fingerprint density at radius 2 is 1.14 bits per heavy atom. The van der Waals surface area contributed by atoms with Crippen LogP contribution in [-0.2, 0) is 24.5 Å². The second-order valence-electron chi connectivity index (χ2n) is 19.9. The first-order valence-electron chi connectivity index (χ1n) is 22.0. The summed E-state index contributed by atoms with van der Waals surface area (Å²) < 4.78 is 18.7. The van der Waals surface area contributed by atoms with E-state index in [0.717, 1.165) is 80.6 Å². The molecule has 0 amide bonds. The van der Waals surface area contributed by atoms with E-state index in [1.54, 1.807) is 13.8 Å². The molecule has 0 bridgehead atoms. The standard InChI is InChI=1S/C47H67NO7S2/c1-28-9-13-30(14-10-28)32-17-21-34(22-18-32)42(49)54-37-27-36(46(3,4)5)39(55-43(50)35-23-19-33(20-24-35)31-15-11-29(2)12-16-31)41-40(37)56-45(57-41)38(48-8)44(51)53-26-25-47(6,7)52/h27-35,52H,9-26H2,1-7H3/b45-38-. The zero-order valence-corrected chi connectivity index (χ0v) is 37.2. The van der Waals surface area contributed by atoms with Gasteiger partial charge in [0.15, 0.2) is 0 Å². The Morgan fingerprint density at radius 1 is 0.702 bits per heavy atom. The summed E-state index contributed by atoms with van der Waals surface area (Å²) in [6.07, 6.45) is 18.0. The molecule has 57 heavy (non-hydrogen) atoms. The van der Waals surface area contributed by atoms with Gasteiger partial charge in [0.1, 0.15) is 11.5 Å². The van der Waals surface area contributed by atoms with E-state index in [-0.39, 0.29) is 42.5 Å². The number of fused-ring (bicyclic) bond motifs is 1. The zero-order valence-electron chi connectivity index (χ0n) is 35.6. The SMILES string of the molecule is [C-]#[N+]/C(C(=O)OCCC(C)(C)O)=C1/Sc2c(OC(=O)C3CCC(C4CCC(C)CC4)CC3)cc(C(C)(C)C)c(OC(=O)C3CCC(C4CCC(C)CC4)CC3)c2S1. The zero-order chi connectivity index (χ0) is 41.1. The lowest BCUT2D eigenvalue weighted by molar-refractivity contribution is -0.142. The average Bonchev–Trinajstić information content (AvgIpc) is 3.61. The molecule has 10 heteroatoms. The number of hydrogen-bond donors (Lipinski definition) is 1. The van der Waals surface area contributed by atoms with E-state index >= 15 is 0 Å². The van der Waals surface area contributed by atoms with Crippen molar-refractivity contribution in [3.63, 3.8) is 0 Å². The largest absolute Gasteiger partial charge is 0.470 e. The summed E-state index contributed by atoms with van der Waals surface area (Å²) in [4.78, 5) is 46.1. The smallest absolute Gasteiger partial charge is 0.338 e. The second kappa shape index (κ2) is 18.8. The van der Waals surface area contributed by atoms with Gasteiger partial charge in [0.05, 0.1) is 44.6 Å². The number of aliphatic hydroxyl groups is 1. The molecule has 0 unspecified atom stereocenters. The van der Waals surface area contributed by atoms with Gasteiger partial charge in [0, 0.05) is 12.0 Å². The van der Waals surface area contributed by atoms with Crippen LogP contribution < -0.4 is 9.47 Å². The third-order valence-corrected chi connectivity index (χ3v) is 16.5. The van der Waals surface area contributed by atoms with Crippen LogP contribution in [0, 0.1) is 53.9 Å². The van der Waals surface area contributed by atoms with Crippen LogP contribution in [0.3, 0.4) is 0 Å². The molecular formula is C47H67NO7S2. The lowest BCUT2D eigenvalue weighted by Crippen LogP contribution is -2.30. The van der Waals surface area contributed by atoms with Gasteiger partial charge in [-0.25, -0.2) is 4.85 Å². The van der Waals surface area contributed by atoms with E-state index in [0.29, 0.717) is 37.4 Å². The normalized spacial score (nSPS) is 30.4. The van der Waals surface area contributed by atoms with Gasteiger partial charge in [-0.2, -0.15) is 0 Å². The molecule has 314 valence electrons. The van der Waals surface area contributed by atoms with E-state index in [4.69, 9.17) is 20.8 Å². The van der Waals surface area contributed by atoms with E-state index in [1.165, 1.54) is 74.9 Å². The maximum absolute atomic E-state index is 14.1. The highest BCUT2D eigenvalue weighted by Gasteiger charge is 2.40. The third kappa shape index (κ3) is 11.2. The number of esters is 3. The van der Waals surface area contributed by atoms with Crippen LogP contribution in [-0.4, -0.2) is 35.2 Å². The van der Waals surface area contributed by atoms with Gasteiger partial charge < -0.3 is 19.3 Å². The number of carbonyl (C=O) groups is 3. The van der Waals surface area contributed by atoms with Crippen LogP contribution in [0.4, 0.5) is 0 Å². The third-order valence-electron chi connectivity index (χ3n) is 13.9. The van der Waals surface area contributed by atoms with Crippen molar-refractivity contribution in [2.75, 3.05) is 6.61 Å². The molecule has 8 nitrogen and oxygen atoms in total. The predicted molar refractivity (Wildman–Crippen MR) is 227 cm³/mol. The summed E-state index contributed by atoms with van der Waals surface area (Å²) in [6, 6.07) is 1.85. The van der Waals surface area contributed by atoms with Gasteiger partial charge in [0.25, 0.3) is 5.70 Å². The summed E-state index contributed by atoms with van der Waals surface area (Å²) in [7, 11) is 0. The van der Waals surface area contributed by atoms with Gasteiger partial charge in [-0.3, -0.25) is 14.4 Å². The molecule has 1 N–H and O–H groups in total. The van der Waals surface area contributed by atoms with Crippen LogP contribution in [0.15, 0.2) is 25.8 Å². The molecule has 0 aromatic heterocycles. The Labute approximate surface area is 350 Å². The molecule has 1 aromatic rings. The minimum atomic E-state index is -1.03. The van der Waals surface area contributed by atoms with Crippen molar-refractivity contribution in [1.82, 2.24) is 0 Å². The predicted octanol–water partition coefficient (Wildman–Crippen LogP) is 12.1. The number of nitrogens with zero attached hydrogens (tertiary/aromatic N) is 1. The summed E-state index contributed by atoms with van der Waals surface area (Å²) >= 11 is 2.40. The monoisotopic (exact) mass is 821 g/mol. The molecule has 1 aliphatic heterocycles. The van der Waals surface area contributed by atoms with Crippen molar-refractivity contribution in [2.45, 2.75) is 178 Å². The maximum atomic E-state index is 14.1. The topological polar surface area (TPSA) is 103 Å². The van der Waals surface area contributed by atoms with E-state index in [2.05, 4.69) is 39.5 Å². The number of carbonyl (C=O) groups excluding carboxylic acids is 3. The molecular weight excluding hydrogens is 755 g/mol. The minimum Gasteiger partial charge on any atom is -0.470 e. The number of ether oxygens (including phenoxy) is 3. The van der Waals surface area contributed by atoms with Crippen LogP contribution in [0.25, 0.3) is 4.85 Å². The highest BCUT2D eigenvalue weighted by Crippen LogP contribution is 2.61. The van der Waals surface area contributed by atoms with E-state index < -0.39 is 17.0 Å². The molecule has 0 atom stereocenters. The first-order chi connectivity index (χ1) is 27.0. The Hall–Kier alpha value is -2.48. The Kier molecular flexibility index (Phi) is 14.6.